The number of aromatic nitrogens is 3. The minimum atomic E-state index is -3.18. The Balaban J connectivity index is 1.41. The zero-order valence-electron chi connectivity index (χ0n) is 19.2. The molecule has 0 radical (unpaired) electrons. The van der Waals surface area contributed by atoms with E-state index in [0.717, 1.165) is 33.2 Å². The molecule has 0 unspecified atom stereocenters. The van der Waals surface area contributed by atoms with Gasteiger partial charge in [0.2, 0.25) is 15.9 Å². The lowest BCUT2D eigenvalue weighted by molar-refractivity contribution is 0.132. The van der Waals surface area contributed by atoms with E-state index in [2.05, 4.69) is 21.4 Å². The molecule has 0 spiro atoms. The van der Waals surface area contributed by atoms with Gasteiger partial charge in [0.05, 0.1) is 23.5 Å². The van der Waals surface area contributed by atoms with Gasteiger partial charge in [-0.3, -0.25) is 0 Å². The number of benzene rings is 2. The van der Waals surface area contributed by atoms with Crippen LogP contribution in [-0.2, 0) is 10.0 Å². The highest BCUT2D eigenvalue weighted by Crippen LogP contribution is 2.31. The van der Waals surface area contributed by atoms with Crippen molar-refractivity contribution in [3.8, 4) is 5.88 Å². The zero-order valence-corrected chi connectivity index (χ0v) is 20.0. The molecule has 1 N–H and O–H groups in total. The average Bonchev–Trinajstić information content (AvgIpc) is 2.84. The molecule has 1 fully saturated rings. The van der Waals surface area contributed by atoms with Crippen LogP contribution in [0.15, 0.2) is 60.9 Å². The number of fused-ring (bicyclic) bond motifs is 2. The molecule has 2 aromatic heterocycles. The number of rotatable bonds is 6. The Labute approximate surface area is 199 Å². The van der Waals surface area contributed by atoms with Crippen LogP contribution in [0.4, 0.5) is 5.82 Å². The van der Waals surface area contributed by atoms with Crippen molar-refractivity contribution in [3.63, 3.8) is 0 Å². The largest absolute Gasteiger partial charge is 0.474 e. The maximum absolute atomic E-state index is 11.8. The molecular formula is C25H27N5O3S. The van der Waals surface area contributed by atoms with Crippen LogP contribution in [0, 0.1) is 0 Å². The van der Waals surface area contributed by atoms with Crippen LogP contribution in [0.1, 0.15) is 31.5 Å². The monoisotopic (exact) mass is 477 g/mol. The van der Waals surface area contributed by atoms with Crippen molar-refractivity contribution in [2.45, 2.75) is 31.9 Å². The summed E-state index contributed by atoms with van der Waals surface area (Å²) < 4.78 is 31.5. The molecule has 0 saturated carbocycles. The van der Waals surface area contributed by atoms with Gasteiger partial charge >= 0.3 is 0 Å². The van der Waals surface area contributed by atoms with E-state index < -0.39 is 10.0 Å². The smallest absolute Gasteiger partial charge is 0.221 e. The summed E-state index contributed by atoms with van der Waals surface area (Å²) in [6, 6.07) is 17.8. The number of anilines is 1. The Bertz CT molecular complexity index is 1430. The van der Waals surface area contributed by atoms with Crippen LogP contribution < -0.4 is 10.1 Å². The molecule has 5 rings (SSSR count). The van der Waals surface area contributed by atoms with E-state index in [1.54, 1.807) is 6.33 Å². The van der Waals surface area contributed by atoms with E-state index in [9.17, 15) is 8.42 Å². The molecule has 176 valence electrons. The van der Waals surface area contributed by atoms with E-state index in [0.29, 0.717) is 31.8 Å². The molecule has 9 heteroatoms. The first-order valence-electron chi connectivity index (χ1n) is 11.4. The molecule has 0 amide bonds. The first-order valence-corrected chi connectivity index (χ1v) is 13.2. The first-order chi connectivity index (χ1) is 16.4. The SMILES string of the molecule is C[C@H](Nc1ncnc2ccccc12)c1cc2ccccc2c(OC2CCN(S(C)(=O)=O)CC2)n1. The molecule has 3 heterocycles. The van der Waals surface area contributed by atoms with Crippen molar-refractivity contribution in [2.75, 3.05) is 24.7 Å². The van der Waals surface area contributed by atoms with Gasteiger partial charge in [0.15, 0.2) is 0 Å². The third-order valence-corrected chi connectivity index (χ3v) is 7.52. The molecule has 0 aliphatic carbocycles. The second-order valence-corrected chi connectivity index (χ2v) is 10.6. The Hall–Kier alpha value is -3.30. The molecule has 1 atom stereocenters. The number of sulfonamides is 1. The fourth-order valence-electron chi connectivity index (χ4n) is 4.34. The van der Waals surface area contributed by atoms with Crippen molar-refractivity contribution in [2.24, 2.45) is 0 Å². The third kappa shape index (κ3) is 4.67. The molecular weight excluding hydrogens is 450 g/mol. The topological polar surface area (TPSA) is 97.3 Å². The Kier molecular flexibility index (Phi) is 6.05. The van der Waals surface area contributed by atoms with E-state index >= 15 is 0 Å². The highest BCUT2D eigenvalue weighted by Gasteiger charge is 2.27. The molecule has 4 aromatic rings. The molecule has 1 saturated heterocycles. The standard InChI is InChI=1S/C25H27N5O3S/c1-17(28-24-21-9-5-6-10-22(21)26-16-27-24)23-15-18-7-3-4-8-20(18)25(29-23)33-19-11-13-30(14-12-19)34(2,31)32/h3-10,15-17,19H,11-14H2,1-2H3,(H,26,27,28)/t17-/m0/s1. The summed E-state index contributed by atoms with van der Waals surface area (Å²) in [5.41, 5.74) is 1.72. The molecule has 8 nitrogen and oxygen atoms in total. The number of ether oxygens (including phenoxy) is 1. The van der Waals surface area contributed by atoms with Gasteiger partial charge in [-0.2, -0.15) is 0 Å². The zero-order chi connectivity index (χ0) is 23.7. The van der Waals surface area contributed by atoms with Crippen LogP contribution in [0.25, 0.3) is 21.7 Å². The van der Waals surface area contributed by atoms with Gasteiger partial charge in [0, 0.05) is 23.9 Å². The van der Waals surface area contributed by atoms with Crippen molar-refractivity contribution < 1.29 is 13.2 Å². The summed E-state index contributed by atoms with van der Waals surface area (Å²) in [4.78, 5) is 13.7. The van der Waals surface area contributed by atoms with Crippen LogP contribution in [0.3, 0.4) is 0 Å². The quantitative estimate of drug-likeness (QED) is 0.445. The maximum Gasteiger partial charge on any atom is 0.221 e. The summed E-state index contributed by atoms with van der Waals surface area (Å²) in [5.74, 6) is 1.33. The van der Waals surface area contributed by atoms with Crippen LogP contribution >= 0.6 is 0 Å². The number of nitrogens with zero attached hydrogens (tertiary/aromatic N) is 4. The van der Waals surface area contributed by atoms with Crippen molar-refractivity contribution >= 4 is 37.5 Å². The van der Waals surface area contributed by atoms with E-state index in [1.165, 1.54) is 10.6 Å². The van der Waals surface area contributed by atoms with Crippen LogP contribution in [-0.4, -0.2) is 53.1 Å². The molecule has 2 aromatic carbocycles. The third-order valence-electron chi connectivity index (χ3n) is 6.21. The van der Waals surface area contributed by atoms with E-state index in [-0.39, 0.29) is 12.1 Å². The van der Waals surface area contributed by atoms with Gasteiger partial charge < -0.3 is 10.1 Å². The lowest BCUT2D eigenvalue weighted by Crippen LogP contribution is -2.41. The minimum Gasteiger partial charge on any atom is -0.474 e. The van der Waals surface area contributed by atoms with Crippen LogP contribution in [0.2, 0.25) is 0 Å². The summed E-state index contributed by atoms with van der Waals surface area (Å²) in [6.45, 7) is 2.96. The Morgan fingerprint density at radius 1 is 1.03 bits per heavy atom. The molecule has 34 heavy (non-hydrogen) atoms. The van der Waals surface area contributed by atoms with E-state index in [4.69, 9.17) is 9.72 Å². The number of nitrogens with one attached hydrogen (secondary N) is 1. The minimum absolute atomic E-state index is 0.0850. The predicted octanol–water partition coefficient (Wildman–Crippen LogP) is 4.15. The second-order valence-electron chi connectivity index (χ2n) is 8.66. The number of hydrogen-bond donors (Lipinski definition) is 1. The van der Waals surface area contributed by atoms with Gasteiger partial charge in [-0.25, -0.2) is 27.7 Å². The highest BCUT2D eigenvalue weighted by atomic mass is 32.2. The predicted molar refractivity (Wildman–Crippen MR) is 133 cm³/mol. The second kappa shape index (κ2) is 9.15. The molecule has 1 aliphatic heterocycles. The van der Waals surface area contributed by atoms with Gasteiger partial charge in [0.1, 0.15) is 18.2 Å². The fourth-order valence-corrected chi connectivity index (χ4v) is 5.21. The Morgan fingerprint density at radius 2 is 1.74 bits per heavy atom. The number of para-hydroxylation sites is 1. The van der Waals surface area contributed by atoms with Gasteiger partial charge in [-0.1, -0.05) is 30.3 Å². The summed E-state index contributed by atoms with van der Waals surface area (Å²) >= 11 is 0. The normalized spacial score (nSPS) is 16.5. The lowest BCUT2D eigenvalue weighted by Gasteiger charge is -2.30. The summed E-state index contributed by atoms with van der Waals surface area (Å²) in [5, 5.41) is 6.41. The van der Waals surface area contributed by atoms with E-state index in [1.807, 2.05) is 55.5 Å². The number of piperidine rings is 1. The maximum atomic E-state index is 11.8. The number of hydrogen-bond acceptors (Lipinski definition) is 7. The number of pyridine rings is 1. The lowest BCUT2D eigenvalue weighted by atomic mass is 10.1. The first kappa shape index (κ1) is 22.5. The highest BCUT2D eigenvalue weighted by molar-refractivity contribution is 7.88. The Morgan fingerprint density at radius 3 is 2.50 bits per heavy atom. The van der Waals surface area contributed by atoms with Crippen molar-refractivity contribution in [1.82, 2.24) is 19.3 Å². The van der Waals surface area contributed by atoms with Gasteiger partial charge in [-0.15, -0.1) is 0 Å². The van der Waals surface area contributed by atoms with Crippen molar-refractivity contribution in [3.05, 3.63) is 66.6 Å². The van der Waals surface area contributed by atoms with Gasteiger partial charge in [0.25, 0.3) is 0 Å². The summed E-state index contributed by atoms with van der Waals surface area (Å²) in [6.07, 6.45) is 3.99. The molecule has 0 bridgehead atoms. The van der Waals surface area contributed by atoms with Gasteiger partial charge in [-0.05, 0) is 49.4 Å². The van der Waals surface area contributed by atoms with Crippen LogP contribution in [0.5, 0.6) is 5.88 Å². The fraction of sp³-hybridized carbons (Fsp3) is 0.320. The average molecular weight is 478 g/mol. The summed E-state index contributed by atoms with van der Waals surface area (Å²) in [7, 11) is -3.18. The molecule has 1 aliphatic rings. The van der Waals surface area contributed by atoms with Crippen molar-refractivity contribution in [1.29, 1.82) is 0 Å².